The van der Waals surface area contributed by atoms with Crippen LogP contribution in [0.1, 0.15) is 27.4 Å². The van der Waals surface area contributed by atoms with Crippen molar-refractivity contribution in [1.82, 2.24) is 10.3 Å². The molecule has 6 nitrogen and oxygen atoms in total. The second-order valence-electron chi connectivity index (χ2n) is 5.90. The molecular formula is C18H17FN2O4. The van der Waals surface area contributed by atoms with Crippen molar-refractivity contribution >= 4 is 22.8 Å². The third-order valence-corrected chi connectivity index (χ3v) is 4.04. The van der Waals surface area contributed by atoms with Crippen LogP contribution in [-0.2, 0) is 11.2 Å². The minimum Gasteiger partial charge on any atom is -0.480 e. The first-order chi connectivity index (χ1) is 11.8. The summed E-state index contributed by atoms with van der Waals surface area (Å²) < 4.78 is 18.6. The van der Waals surface area contributed by atoms with Crippen molar-refractivity contribution in [3.8, 4) is 0 Å². The largest absolute Gasteiger partial charge is 0.480 e. The molecule has 3 aromatic rings. The smallest absolute Gasteiger partial charge is 0.326 e. The molecule has 0 spiro atoms. The van der Waals surface area contributed by atoms with Gasteiger partial charge in [-0.05, 0) is 43.7 Å². The average molecular weight is 344 g/mol. The number of aromatic amines is 1. The molecule has 0 unspecified atom stereocenters. The number of aliphatic carboxylic acids is 1. The third kappa shape index (κ3) is 3.40. The Kier molecular flexibility index (Phi) is 4.31. The lowest BCUT2D eigenvalue weighted by Crippen LogP contribution is -2.42. The Morgan fingerprint density at radius 1 is 1.32 bits per heavy atom. The zero-order valence-electron chi connectivity index (χ0n) is 13.7. The SMILES string of the molecule is Cc1cc(C(=O)N[C@@H](Cc2c[nH]c3cc(F)ccc23)C(=O)O)c(C)o1. The molecule has 1 amide bonds. The van der Waals surface area contributed by atoms with Gasteiger partial charge in [0.25, 0.3) is 5.91 Å². The summed E-state index contributed by atoms with van der Waals surface area (Å²) in [4.78, 5) is 26.8. The van der Waals surface area contributed by atoms with Crippen LogP contribution in [0.3, 0.4) is 0 Å². The van der Waals surface area contributed by atoms with Crippen molar-refractivity contribution in [1.29, 1.82) is 0 Å². The quantitative estimate of drug-likeness (QED) is 0.663. The zero-order chi connectivity index (χ0) is 18.1. The lowest BCUT2D eigenvalue weighted by molar-refractivity contribution is -0.139. The molecule has 0 saturated heterocycles. The van der Waals surface area contributed by atoms with E-state index >= 15 is 0 Å². The van der Waals surface area contributed by atoms with E-state index in [4.69, 9.17) is 4.42 Å². The molecule has 0 saturated carbocycles. The van der Waals surface area contributed by atoms with Crippen LogP contribution < -0.4 is 5.32 Å². The molecule has 2 heterocycles. The fourth-order valence-electron chi connectivity index (χ4n) is 2.84. The third-order valence-electron chi connectivity index (χ3n) is 4.04. The van der Waals surface area contributed by atoms with Gasteiger partial charge in [-0.15, -0.1) is 0 Å². The van der Waals surface area contributed by atoms with Crippen LogP contribution in [0.5, 0.6) is 0 Å². The van der Waals surface area contributed by atoms with Crippen LogP contribution in [0.25, 0.3) is 10.9 Å². The number of benzene rings is 1. The average Bonchev–Trinajstić information content (AvgIpc) is 3.09. The molecule has 1 atom stereocenters. The van der Waals surface area contributed by atoms with E-state index in [1.807, 2.05) is 0 Å². The van der Waals surface area contributed by atoms with Gasteiger partial charge >= 0.3 is 5.97 Å². The first kappa shape index (κ1) is 16.8. The number of amides is 1. The number of carbonyl (C=O) groups excluding carboxylic acids is 1. The highest BCUT2D eigenvalue weighted by molar-refractivity contribution is 5.97. The number of aromatic nitrogens is 1. The van der Waals surface area contributed by atoms with Crippen LogP contribution in [0.4, 0.5) is 4.39 Å². The second kappa shape index (κ2) is 6.43. The number of fused-ring (bicyclic) bond motifs is 1. The molecule has 7 heteroatoms. The first-order valence-corrected chi connectivity index (χ1v) is 7.71. The van der Waals surface area contributed by atoms with Crippen molar-refractivity contribution in [2.45, 2.75) is 26.3 Å². The number of halogens is 1. The summed E-state index contributed by atoms with van der Waals surface area (Å²) in [5.74, 6) is -1.03. The summed E-state index contributed by atoms with van der Waals surface area (Å²) in [5, 5.41) is 12.7. The number of carbonyl (C=O) groups is 2. The molecule has 1 aromatic carbocycles. The van der Waals surface area contributed by atoms with Crippen molar-refractivity contribution < 1.29 is 23.5 Å². The van der Waals surface area contributed by atoms with Gasteiger partial charge in [0.2, 0.25) is 0 Å². The van der Waals surface area contributed by atoms with Gasteiger partial charge in [-0.1, -0.05) is 0 Å². The molecule has 130 valence electrons. The van der Waals surface area contributed by atoms with Crippen LogP contribution in [-0.4, -0.2) is 28.0 Å². The van der Waals surface area contributed by atoms with Crippen LogP contribution in [0.15, 0.2) is 34.9 Å². The predicted molar refractivity (Wildman–Crippen MR) is 89.0 cm³/mol. The Morgan fingerprint density at radius 2 is 2.08 bits per heavy atom. The van der Waals surface area contributed by atoms with Gasteiger partial charge in [0.1, 0.15) is 23.4 Å². The van der Waals surface area contributed by atoms with Gasteiger partial charge in [0, 0.05) is 23.5 Å². The minimum absolute atomic E-state index is 0.0720. The van der Waals surface area contributed by atoms with Crippen molar-refractivity contribution in [3.05, 3.63) is 58.9 Å². The fourth-order valence-corrected chi connectivity index (χ4v) is 2.84. The highest BCUT2D eigenvalue weighted by atomic mass is 19.1. The highest BCUT2D eigenvalue weighted by Crippen LogP contribution is 2.21. The van der Waals surface area contributed by atoms with Gasteiger partial charge < -0.3 is 19.8 Å². The van der Waals surface area contributed by atoms with Gasteiger partial charge in [-0.2, -0.15) is 0 Å². The van der Waals surface area contributed by atoms with Gasteiger partial charge in [0.15, 0.2) is 0 Å². The van der Waals surface area contributed by atoms with E-state index < -0.39 is 17.9 Å². The van der Waals surface area contributed by atoms with Crippen molar-refractivity contribution in [2.75, 3.05) is 0 Å². The zero-order valence-corrected chi connectivity index (χ0v) is 13.7. The minimum atomic E-state index is -1.15. The molecule has 0 aliphatic carbocycles. The topological polar surface area (TPSA) is 95.3 Å². The monoisotopic (exact) mass is 344 g/mol. The fraction of sp³-hybridized carbons (Fsp3) is 0.222. The molecule has 3 N–H and O–H groups in total. The van der Waals surface area contributed by atoms with Gasteiger partial charge in [-0.25, -0.2) is 9.18 Å². The molecule has 0 fully saturated rings. The number of hydrogen-bond donors (Lipinski definition) is 3. The number of H-pyrrole nitrogens is 1. The maximum Gasteiger partial charge on any atom is 0.326 e. The van der Waals surface area contributed by atoms with E-state index in [2.05, 4.69) is 10.3 Å². The number of carboxylic acids is 1. The maximum absolute atomic E-state index is 13.3. The number of rotatable bonds is 5. The number of furan rings is 1. The molecular weight excluding hydrogens is 327 g/mol. The number of aryl methyl sites for hydroxylation is 2. The maximum atomic E-state index is 13.3. The Bertz CT molecular complexity index is 957. The lowest BCUT2D eigenvalue weighted by atomic mass is 10.0. The van der Waals surface area contributed by atoms with Crippen LogP contribution >= 0.6 is 0 Å². The van der Waals surface area contributed by atoms with Crippen molar-refractivity contribution in [2.24, 2.45) is 0 Å². The Labute approximate surface area is 142 Å². The van der Waals surface area contributed by atoms with Crippen molar-refractivity contribution in [3.63, 3.8) is 0 Å². The van der Waals surface area contributed by atoms with E-state index in [0.29, 0.717) is 28.2 Å². The predicted octanol–water partition coefficient (Wildman–Crippen LogP) is 2.94. The molecule has 0 radical (unpaired) electrons. The van der Waals surface area contributed by atoms with E-state index in [9.17, 15) is 19.1 Å². The van der Waals surface area contributed by atoms with Gasteiger partial charge in [0.05, 0.1) is 5.56 Å². The highest BCUT2D eigenvalue weighted by Gasteiger charge is 2.24. The van der Waals surface area contributed by atoms with Gasteiger partial charge in [-0.3, -0.25) is 4.79 Å². The van der Waals surface area contributed by atoms with E-state index in [-0.39, 0.29) is 12.2 Å². The van der Waals surface area contributed by atoms with Crippen LogP contribution in [0, 0.1) is 19.7 Å². The Balaban J connectivity index is 1.82. The summed E-state index contributed by atoms with van der Waals surface area (Å²) in [5.41, 5.74) is 1.57. The molecule has 0 aliphatic rings. The number of nitrogens with one attached hydrogen (secondary N) is 2. The normalized spacial score (nSPS) is 12.3. The summed E-state index contributed by atoms with van der Waals surface area (Å²) in [6.45, 7) is 3.36. The molecule has 25 heavy (non-hydrogen) atoms. The molecule has 2 aromatic heterocycles. The van der Waals surface area contributed by atoms with E-state index in [1.54, 1.807) is 32.2 Å². The van der Waals surface area contributed by atoms with E-state index in [1.165, 1.54) is 12.1 Å². The molecule has 0 bridgehead atoms. The molecule has 3 rings (SSSR count). The first-order valence-electron chi connectivity index (χ1n) is 7.71. The number of hydrogen-bond acceptors (Lipinski definition) is 3. The summed E-state index contributed by atoms with van der Waals surface area (Å²) in [7, 11) is 0. The van der Waals surface area contributed by atoms with E-state index in [0.717, 1.165) is 5.39 Å². The Hall–Kier alpha value is -3.09. The summed E-state index contributed by atoms with van der Waals surface area (Å²) in [6, 6.07) is 4.68. The standard InChI is InChI=1S/C18H17FN2O4/c1-9-5-14(10(2)25-9)17(22)21-16(18(23)24)6-11-8-20-15-7-12(19)3-4-13(11)15/h3-5,7-8,16,20H,6H2,1-2H3,(H,21,22)(H,23,24)/t16-/m0/s1. The summed E-state index contributed by atoms with van der Waals surface area (Å²) >= 11 is 0. The van der Waals surface area contributed by atoms with Crippen LogP contribution in [0.2, 0.25) is 0 Å². The second-order valence-corrected chi connectivity index (χ2v) is 5.90. The Morgan fingerprint density at radius 3 is 2.72 bits per heavy atom. The molecule has 0 aliphatic heterocycles. The lowest BCUT2D eigenvalue weighted by Gasteiger charge is -2.14. The number of carboxylic acid groups (broad SMARTS) is 1. The summed E-state index contributed by atoms with van der Waals surface area (Å²) in [6.07, 6.45) is 1.70.